The molecule has 1 aromatic rings. The van der Waals surface area contributed by atoms with E-state index in [4.69, 9.17) is 4.74 Å². The zero-order chi connectivity index (χ0) is 11.8. The zero-order valence-corrected chi connectivity index (χ0v) is 8.93. The van der Waals surface area contributed by atoms with Gasteiger partial charge in [0.15, 0.2) is 6.79 Å². The summed E-state index contributed by atoms with van der Waals surface area (Å²) >= 11 is 0. The van der Waals surface area contributed by atoms with Crippen molar-refractivity contribution in [1.82, 2.24) is 5.48 Å². The van der Waals surface area contributed by atoms with Crippen LogP contribution in [0, 0.1) is 0 Å². The number of carbonyl (C=O) groups is 2. The van der Waals surface area contributed by atoms with Gasteiger partial charge in [0.05, 0.1) is 0 Å². The van der Waals surface area contributed by atoms with Crippen molar-refractivity contribution < 1.29 is 19.2 Å². The predicted octanol–water partition coefficient (Wildman–Crippen LogP) is 0.911. The summed E-state index contributed by atoms with van der Waals surface area (Å²) in [7, 11) is 0. The van der Waals surface area contributed by atoms with Gasteiger partial charge >= 0.3 is 5.91 Å². The number of carbonyl (C=O) groups excluding carboxylic acids is 2. The summed E-state index contributed by atoms with van der Waals surface area (Å²) in [6.07, 6.45) is 0. The molecule has 1 aromatic carbocycles. The van der Waals surface area contributed by atoms with Crippen molar-refractivity contribution in [3.63, 3.8) is 0 Å². The Kier molecular flexibility index (Phi) is 5.18. The zero-order valence-electron chi connectivity index (χ0n) is 8.93. The fourth-order valence-corrected chi connectivity index (χ4v) is 0.987. The molecule has 0 aliphatic carbocycles. The number of benzene rings is 1. The number of hydroxylamine groups is 1. The van der Waals surface area contributed by atoms with Gasteiger partial charge < -0.3 is 4.74 Å². The summed E-state index contributed by atoms with van der Waals surface area (Å²) in [6.45, 7) is 2.19. The smallest absolute Gasteiger partial charge is 0.315 e. The van der Waals surface area contributed by atoms with E-state index < -0.39 is 11.7 Å². The van der Waals surface area contributed by atoms with Crippen molar-refractivity contribution in [3.8, 4) is 0 Å². The normalized spacial score (nSPS) is 9.81. The molecule has 0 aromatic heterocycles. The molecule has 86 valence electrons. The summed E-state index contributed by atoms with van der Waals surface area (Å²) in [6, 6.07) is 8.25. The van der Waals surface area contributed by atoms with Crippen LogP contribution >= 0.6 is 0 Å². The highest BCUT2D eigenvalue weighted by molar-refractivity contribution is 6.42. The Morgan fingerprint density at radius 3 is 2.56 bits per heavy atom. The second-order valence-corrected chi connectivity index (χ2v) is 2.88. The van der Waals surface area contributed by atoms with Gasteiger partial charge in [-0.15, -0.1) is 0 Å². The van der Waals surface area contributed by atoms with Crippen LogP contribution in [-0.2, 0) is 14.4 Å². The largest absolute Gasteiger partial charge is 0.353 e. The molecule has 1 amide bonds. The monoisotopic (exact) mass is 223 g/mol. The average Bonchev–Trinajstić information content (AvgIpc) is 2.34. The fourth-order valence-electron chi connectivity index (χ4n) is 0.987. The third-order valence-corrected chi connectivity index (χ3v) is 1.75. The molecule has 0 aliphatic rings. The molecule has 0 radical (unpaired) electrons. The van der Waals surface area contributed by atoms with Crippen LogP contribution in [-0.4, -0.2) is 25.1 Å². The van der Waals surface area contributed by atoms with E-state index in [1.807, 2.05) is 5.48 Å². The van der Waals surface area contributed by atoms with Gasteiger partial charge in [0.25, 0.3) is 5.78 Å². The molecule has 5 nitrogen and oxygen atoms in total. The molecular weight excluding hydrogens is 210 g/mol. The lowest BCUT2D eigenvalue weighted by molar-refractivity contribution is -0.142. The molecule has 0 aliphatic heterocycles. The minimum Gasteiger partial charge on any atom is -0.353 e. The van der Waals surface area contributed by atoms with Gasteiger partial charge in [0, 0.05) is 12.2 Å². The maximum Gasteiger partial charge on any atom is 0.315 e. The van der Waals surface area contributed by atoms with E-state index in [0.717, 1.165) is 0 Å². The number of rotatable bonds is 6. The molecule has 0 saturated carbocycles. The van der Waals surface area contributed by atoms with E-state index in [2.05, 4.69) is 4.84 Å². The van der Waals surface area contributed by atoms with Crippen LogP contribution in [0.5, 0.6) is 0 Å². The summed E-state index contributed by atoms with van der Waals surface area (Å²) in [5.74, 6) is -1.46. The third kappa shape index (κ3) is 3.80. The number of Topliss-reactive ketones (excluding diaryl/α,β-unsaturated/α-hetero) is 1. The van der Waals surface area contributed by atoms with Gasteiger partial charge in [-0.2, -0.15) is 0 Å². The minimum absolute atomic E-state index is 0.0791. The second-order valence-electron chi connectivity index (χ2n) is 2.88. The quantitative estimate of drug-likeness (QED) is 0.256. The lowest BCUT2D eigenvalue weighted by Crippen LogP contribution is -2.31. The first-order chi connectivity index (χ1) is 7.75. The van der Waals surface area contributed by atoms with Crippen molar-refractivity contribution in [2.45, 2.75) is 6.92 Å². The van der Waals surface area contributed by atoms with Crippen LogP contribution in [0.2, 0.25) is 0 Å². The highest BCUT2D eigenvalue weighted by Gasteiger charge is 2.15. The average molecular weight is 223 g/mol. The van der Waals surface area contributed by atoms with Crippen LogP contribution in [0.25, 0.3) is 0 Å². The number of amides is 1. The third-order valence-electron chi connectivity index (χ3n) is 1.75. The SMILES string of the molecule is CCOCONC(=O)C(=O)c1ccccc1. The highest BCUT2D eigenvalue weighted by Crippen LogP contribution is 1.99. The van der Waals surface area contributed by atoms with Crippen LogP contribution < -0.4 is 5.48 Å². The van der Waals surface area contributed by atoms with Crippen molar-refractivity contribution >= 4 is 11.7 Å². The summed E-state index contributed by atoms with van der Waals surface area (Å²) in [5.41, 5.74) is 2.32. The van der Waals surface area contributed by atoms with Crippen molar-refractivity contribution in [2.24, 2.45) is 0 Å². The molecule has 0 fully saturated rings. The van der Waals surface area contributed by atoms with Crippen LogP contribution in [0.1, 0.15) is 17.3 Å². The molecule has 16 heavy (non-hydrogen) atoms. The highest BCUT2D eigenvalue weighted by atomic mass is 16.8. The van der Waals surface area contributed by atoms with E-state index in [9.17, 15) is 9.59 Å². The van der Waals surface area contributed by atoms with Gasteiger partial charge in [-0.3, -0.25) is 9.59 Å². The van der Waals surface area contributed by atoms with Crippen LogP contribution in [0.15, 0.2) is 30.3 Å². The first-order valence-corrected chi connectivity index (χ1v) is 4.85. The van der Waals surface area contributed by atoms with E-state index in [0.29, 0.717) is 12.2 Å². The van der Waals surface area contributed by atoms with E-state index >= 15 is 0 Å². The maximum absolute atomic E-state index is 11.5. The molecular formula is C11H13NO4. The molecule has 1 N–H and O–H groups in total. The number of hydrogen-bond acceptors (Lipinski definition) is 4. The van der Waals surface area contributed by atoms with E-state index in [1.54, 1.807) is 37.3 Å². The number of hydrogen-bond donors (Lipinski definition) is 1. The minimum atomic E-state index is -0.814. The molecule has 0 atom stereocenters. The molecule has 0 heterocycles. The Morgan fingerprint density at radius 2 is 1.94 bits per heavy atom. The molecule has 0 saturated heterocycles. The number of ether oxygens (including phenoxy) is 1. The van der Waals surface area contributed by atoms with Gasteiger partial charge in [-0.1, -0.05) is 30.3 Å². The molecule has 0 bridgehead atoms. The predicted molar refractivity (Wildman–Crippen MR) is 56.5 cm³/mol. The lowest BCUT2D eigenvalue weighted by atomic mass is 10.1. The summed E-state index contributed by atoms with van der Waals surface area (Å²) in [5, 5.41) is 0. The Bertz CT molecular complexity index is 350. The van der Waals surface area contributed by atoms with Crippen molar-refractivity contribution in [3.05, 3.63) is 35.9 Å². The molecule has 5 heteroatoms. The molecule has 0 unspecified atom stereocenters. The lowest BCUT2D eigenvalue weighted by Gasteiger charge is -2.04. The maximum atomic E-state index is 11.5. The topological polar surface area (TPSA) is 64.6 Å². The van der Waals surface area contributed by atoms with Gasteiger partial charge in [-0.05, 0) is 6.92 Å². The van der Waals surface area contributed by atoms with Crippen molar-refractivity contribution in [1.29, 1.82) is 0 Å². The first-order valence-electron chi connectivity index (χ1n) is 4.85. The van der Waals surface area contributed by atoms with Crippen molar-refractivity contribution in [2.75, 3.05) is 13.4 Å². The standard InChI is InChI=1S/C11H13NO4/c1-2-15-8-16-12-11(14)10(13)9-6-4-3-5-7-9/h3-7H,2,8H2,1H3,(H,12,14). The second kappa shape index (κ2) is 6.71. The summed E-state index contributed by atoms with van der Waals surface area (Å²) in [4.78, 5) is 27.4. The van der Waals surface area contributed by atoms with E-state index in [1.165, 1.54) is 0 Å². The van der Waals surface area contributed by atoms with Gasteiger partial charge in [-0.25, -0.2) is 10.3 Å². The van der Waals surface area contributed by atoms with Gasteiger partial charge in [0.2, 0.25) is 0 Å². The Labute approximate surface area is 93.3 Å². The number of ketones is 1. The number of nitrogens with one attached hydrogen (secondary N) is 1. The van der Waals surface area contributed by atoms with E-state index in [-0.39, 0.29) is 6.79 Å². The van der Waals surface area contributed by atoms with Crippen LogP contribution in [0.4, 0.5) is 0 Å². The molecule has 0 spiro atoms. The summed E-state index contributed by atoms with van der Waals surface area (Å²) < 4.78 is 4.82. The van der Waals surface area contributed by atoms with Crippen LogP contribution in [0.3, 0.4) is 0 Å². The Balaban J connectivity index is 2.40. The molecule has 1 rings (SSSR count). The Morgan fingerprint density at radius 1 is 1.25 bits per heavy atom. The first kappa shape index (κ1) is 12.4. The fraction of sp³-hybridized carbons (Fsp3) is 0.273. The Hall–Kier alpha value is -1.72. The van der Waals surface area contributed by atoms with Gasteiger partial charge in [0.1, 0.15) is 0 Å².